The number of rotatable bonds is 3. The van der Waals surface area contributed by atoms with Crippen molar-refractivity contribution in [3.8, 4) is 5.69 Å². The van der Waals surface area contributed by atoms with E-state index in [4.69, 9.17) is 0 Å². The minimum absolute atomic E-state index is 0.424. The summed E-state index contributed by atoms with van der Waals surface area (Å²) in [5.41, 5.74) is 2.28. The van der Waals surface area contributed by atoms with E-state index in [9.17, 15) is 4.79 Å². The summed E-state index contributed by atoms with van der Waals surface area (Å²) in [6.07, 6.45) is 6.71. The topological polar surface area (TPSA) is 47.8 Å². The van der Waals surface area contributed by atoms with Crippen molar-refractivity contribution < 1.29 is 4.79 Å². The Morgan fingerprint density at radius 2 is 2.25 bits per heavy atom. The predicted octanol–water partition coefficient (Wildman–Crippen LogP) is 1.96. The molecule has 0 unspecified atom stereocenters. The summed E-state index contributed by atoms with van der Waals surface area (Å²) in [5, 5.41) is 4.47. The third-order valence-corrected chi connectivity index (χ3v) is 2.78. The van der Waals surface area contributed by atoms with Gasteiger partial charge in [0.25, 0.3) is 0 Å². The number of nitrogens with zero attached hydrogens (tertiary/aromatic N) is 3. The Balaban J connectivity index is 2.03. The maximum atomic E-state index is 10.9. The Kier molecular flexibility index (Phi) is 2.06. The number of aldehydes is 1. The van der Waals surface area contributed by atoms with Crippen molar-refractivity contribution in [2.45, 2.75) is 18.8 Å². The van der Waals surface area contributed by atoms with E-state index >= 15 is 0 Å². The molecule has 1 fully saturated rings. The van der Waals surface area contributed by atoms with Gasteiger partial charge in [-0.05, 0) is 31.0 Å². The molecule has 0 spiro atoms. The predicted molar refractivity (Wildman–Crippen MR) is 58.7 cm³/mol. The van der Waals surface area contributed by atoms with Gasteiger partial charge in [0.15, 0.2) is 6.29 Å². The first-order valence-electron chi connectivity index (χ1n) is 5.34. The number of hydrogen-bond acceptors (Lipinski definition) is 3. The zero-order chi connectivity index (χ0) is 11.0. The Labute approximate surface area is 92.9 Å². The van der Waals surface area contributed by atoms with Crippen LogP contribution in [0.5, 0.6) is 0 Å². The van der Waals surface area contributed by atoms with E-state index in [1.54, 1.807) is 16.9 Å². The van der Waals surface area contributed by atoms with Crippen LogP contribution < -0.4 is 0 Å². The molecule has 80 valence electrons. The van der Waals surface area contributed by atoms with Crippen LogP contribution in [0.4, 0.5) is 0 Å². The van der Waals surface area contributed by atoms with Crippen molar-refractivity contribution in [1.82, 2.24) is 14.8 Å². The fourth-order valence-electron chi connectivity index (χ4n) is 1.76. The molecule has 0 saturated heterocycles. The van der Waals surface area contributed by atoms with Gasteiger partial charge in [0, 0.05) is 18.3 Å². The van der Waals surface area contributed by atoms with Gasteiger partial charge in [0.05, 0.1) is 11.4 Å². The van der Waals surface area contributed by atoms with E-state index in [1.807, 2.05) is 18.3 Å². The summed E-state index contributed by atoms with van der Waals surface area (Å²) in [5.74, 6) is 0.623. The lowest BCUT2D eigenvalue weighted by atomic mass is 10.3. The normalized spacial score (nSPS) is 15.0. The first kappa shape index (κ1) is 9.27. The monoisotopic (exact) mass is 213 g/mol. The molecule has 0 amide bonds. The molecule has 0 atom stereocenters. The highest BCUT2D eigenvalue weighted by molar-refractivity contribution is 5.77. The summed E-state index contributed by atoms with van der Waals surface area (Å²) < 4.78 is 1.73. The first-order valence-corrected chi connectivity index (χ1v) is 5.34. The number of carbonyl (C=O) groups is 1. The molecule has 0 N–H and O–H groups in total. The third-order valence-electron chi connectivity index (χ3n) is 2.78. The molecular formula is C12H11N3O. The molecule has 0 radical (unpaired) electrons. The highest BCUT2D eigenvalue weighted by Gasteiger charge is 2.26. The van der Waals surface area contributed by atoms with E-state index in [-0.39, 0.29) is 0 Å². The van der Waals surface area contributed by atoms with Crippen molar-refractivity contribution in [3.05, 3.63) is 42.0 Å². The average Bonchev–Trinajstić information content (AvgIpc) is 3.07. The second kappa shape index (κ2) is 3.56. The minimum atomic E-state index is 0.424. The lowest BCUT2D eigenvalue weighted by Gasteiger charge is -2.02. The van der Waals surface area contributed by atoms with Gasteiger partial charge in [-0.25, -0.2) is 4.68 Å². The maximum absolute atomic E-state index is 10.9. The number of carbonyl (C=O) groups excluding carboxylic acids is 1. The van der Waals surface area contributed by atoms with Crippen LogP contribution in [-0.4, -0.2) is 21.1 Å². The van der Waals surface area contributed by atoms with Gasteiger partial charge in [0.2, 0.25) is 0 Å². The highest BCUT2D eigenvalue weighted by Crippen LogP contribution is 2.39. The highest BCUT2D eigenvalue weighted by atomic mass is 16.1. The van der Waals surface area contributed by atoms with Crippen LogP contribution in [0.25, 0.3) is 5.69 Å². The smallest absolute Gasteiger partial charge is 0.170 e. The second-order valence-electron chi connectivity index (χ2n) is 3.99. The lowest BCUT2D eigenvalue weighted by Crippen LogP contribution is -2.01. The van der Waals surface area contributed by atoms with E-state index in [2.05, 4.69) is 10.1 Å². The van der Waals surface area contributed by atoms with Gasteiger partial charge < -0.3 is 0 Å². The van der Waals surface area contributed by atoms with E-state index < -0.39 is 0 Å². The molecule has 16 heavy (non-hydrogen) atoms. The van der Waals surface area contributed by atoms with Gasteiger partial charge in [-0.1, -0.05) is 0 Å². The molecule has 2 aromatic rings. The standard InChI is InChI=1S/C12H11N3O/c16-8-11-12(2-1-6-13-11)15-7-5-10(14-15)9-3-4-9/h1-2,5-9H,3-4H2. The number of pyridine rings is 1. The molecule has 1 saturated carbocycles. The molecule has 3 rings (SSSR count). The quantitative estimate of drug-likeness (QED) is 0.732. The first-order chi connectivity index (χ1) is 7.88. The Morgan fingerprint density at radius 1 is 1.38 bits per heavy atom. The van der Waals surface area contributed by atoms with Gasteiger partial charge in [-0.3, -0.25) is 9.78 Å². The fourth-order valence-corrected chi connectivity index (χ4v) is 1.76. The molecule has 4 heteroatoms. The second-order valence-corrected chi connectivity index (χ2v) is 3.99. The molecule has 0 aliphatic heterocycles. The largest absolute Gasteiger partial charge is 0.296 e. The summed E-state index contributed by atoms with van der Waals surface area (Å²) in [7, 11) is 0. The van der Waals surface area contributed by atoms with Crippen molar-refractivity contribution in [3.63, 3.8) is 0 Å². The maximum Gasteiger partial charge on any atom is 0.170 e. The Morgan fingerprint density at radius 3 is 3.00 bits per heavy atom. The van der Waals surface area contributed by atoms with E-state index in [0.29, 0.717) is 11.6 Å². The van der Waals surface area contributed by atoms with Crippen molar-refractivity contribution in [2.24, 2.45) is 0 Å². The zero-order valence-electron chi connectivity index (χ0n) is 8.71. The third kappa shape index (κ3) is 1.52. The number of hydrogen-bond donors (Lipinski definition) is 0. The molecule has 0 aromatic carbocycles. The van der Waals surface area contributed by atoms with Gasteiger partial charge in [-0.2, -0.15) is 5.10 Å². The van der Waals surface area contributed by atoms with E-state index in [0.717, 1.165) is 17.7 Å². The van der Waals surface area contributed by atoms with Crippen LogP contribution in [0.3, 0.4) is 0 Å². The van der Waals surface area contributed by atoms with E-state index in [1.165, 1.54) is 12.8 Å². The van der Waals surface area contributed by atoms with Crippen LogP contribution in [0.1, 0.15) is 34.9 Å². The minimum Gasteiger partial charge on any atom is -0.296 e. The number of aromatic nitrogens is 3. The summed E-state index contributed by atoms with van der Waals surface area (Å²) in [4.78, 5) is 14.9. The molecule has 1 aliphatic carbocycles. The molecule has 2 aromatic heterocycles. The van der Waals surface area contributed by atoms with Crippen LogP contribution in [0.15, 0.2) is 30.6 Å². The molecule has 1 aliphatic rings. The lowest BCUT2D eigenvalue weighted by molar-refractivity contribution is 0.111. The zero-order valence-corrected chi connectivity index (χ0v) is 8.71. The van der Waals surface area contributed by atoms with Gasteiger partial charge >= 0.3 is 0 Å². The van der Waals surface area contributed by atoms with Gasteiger partial charge in [-0.15, -0.1) is 0 Å². The molecule has 4 nitrogen and oxygen atoms in total. The Bertz CT molecular complexity index is 529. The van der Waals surface area contributed by atoms with Crippen LogP contribution in [0, 0.1) is 0 Å². The van der Waals surface area contributed by atoms with Gasteiger partial charge in [0.1, 0.15) is 5.69 Å². The van der Waals surface area contributed by atoms with Crippen molar-refractivity contribution in [2.75, 3.05) is 0 Å². The van der Waals surface area contributed by atoms with Crippen molar-refractivity contribution >= 4 is 6.29 Å². The fraction of sp³-hybridized carbons (Fsp3) is 0.250. The Hall–Kier alpha value is -1.97. The SMILES string of the molecule is O=Cc1ncccc1-n1ccc(C2CC2)n1. The average molecular weight is 213 g/mol. The van der Waals surface area contributed by atoms with Crippen LogP contribution in [0.2, 0.25) is 0 Å². The molecular weight excluding hydrogens is 202 g/mol. The molecule has 2 heterocycles. The van der Waals surface area contributed by atoms with Crippen LogP contribution in [-0.2, 0) is 0 Å². The van der Waals surface area contributed by atoms with Crippen LogP contribution >= 0.6 is 0 Å². The molecule has 0 bridgehead atoms. The summed E-state index contributed by atoms with van der Waals surface area (Å²) >= 11 is 0. The van der Waals surface area contributed by atoms with Crippen molar-refractivity contribution in [1.29, 1.82) is 0 Å². The summed E-state index contributed by atoms with van der Waals surface area (Å²) in [6.45, 7) is 0. The summed E-state index contributed by atoms with van der Waals surface area (Å²) in [6, 6.07) is 5.67.